The molecule has 0 aliphatic carbocycles. The van der Waals surface area contributed by atoms with E-state index in [4.69, 9.17) is 0 Å². The number of halogens is 1. The van der Waals surface area contributed by atoms with Crippen LogP contribution in [0.5, 0.6) is 0 Å². The Hall–Kier alpha value is -1.95. The first-order chi connectivity index (χ1) is 9.33. The molecule has 19 heavy (non-hydrogen) atoms. The molecule has 1 aliphatic rings. The van der Waals surface area contributed by atoms with Gasteiger partial charge in [-0.15, -0.1) is 0 Å². The highest BCUT2D eigenvalue weighted by Crippen LogP contribution is 2.22. The Bertz CT molecular complexity index is 545. The maximum absolute atomic E-state index is 13.2. The van der Waals surface area contributed by atoms with Gasteiger partial charge in [-0.2, -0.15) is 5.10 Å². The zero-order valence-corrected chi connectivity index (χ0v) is 10.6. The predicted octanol–water partition coefficient (Wildman–Crippen LogP) is 1.41. The van der Waals surface area contributed by atoms with Gasteiger partial charge in [0.15, 0.2) is 5.82 Å². The summed E-state index contributed by atoms with van der Waals surface area (Å²) in [6, 6.07) is 3.40. The summed E-state index contributed by atoms with van der Waals surface area (Å²) in [4.78, 5) is 6.08. The molecule has 2 N–H and O–H groups in total. The first kappa shape index (κ1) is 12.1. The van der Waals surface area contributed by atoms with E-state index in [0.717, 1.165) is 44.1 Å². The molecule has 0 unspecified atom stereocenters. The fraction of sp³-hybridized carbons (Fsp3) is 0.385. The van der Waals surface area contributed by atoms with Gasteiger partial charge in [0.1, 0.15) is 5.82 Å². The molecule has 1 fully saturated rings. The molecule has 0 bridgehead atoms. The van der Waals surface area contributed by atoms with Crippen molar-refractivity contribution in [3.05, 3.63) is 30.3 Å². The monoisotopic (exact) mass is 261 g/mol. The number of anilines is 1. The van der Waals surface area contributed by atoms with Crippen molar-refractivity contribution in [2.24, 2.45) is 0 Å². The van der Waals surface area contributed by atoms with Crippen LogP contribution in [0.25, 0.3) is 11.3 Å². The van der Waals surface area contributed by atoms with E-state index in [9.17, 15) is 4.39 Å². The van der Waals surface area contributed by atoms with Crippen molar-refractivity contribution in [1.29, 1.82) is 0 Å². The van der Waals surface area contributed by atoms with Gasteiger partial charge in [-0.1, -0.05) is 0 Å². The van der Waals surface area contributed by atoms with E-state index in [-0.39, 0.29) is 5.82 Å². The molecular formula is C13H16FN5. The van der Waals surface area contributed by atoms with Gasteiger partial charge >= 0.3 is 0 Å². The number of H-pyrrole nitrogens is 1. The van der Waals surface area contributed by atoms with Crippen LogP contribution in [0.15, 0.2) is 24.5 Å². The number of hydrogen-bond acceptors (Lipinski definition) is 4. The molecule has 0 aromatic carbocycles. The summed E-state index contributed by atoms with van der Waals surface area (Å²) in [5, 5.41) is 10.6. The lowest BCUT2D eigenvalue weighted by atomic mass is 10.2. The SMILES string of the molecule is Fc1cncc(-c2cc(N3CCCNCC3)n[nH]2)c1. The van der Waals surface area contributed by atoms with Gasteiger partial charge in [0.25, 0.3) is 0 Å². The molecule has 1 aliphatic heterocycles. The first-order valence-corrected chi connectivity index (χ1v) is 6.45. The van der Waals surface area contributed by atoms with Crippen LogP contribution < -0.4 is 10.2 Å². The fourth-order valence-corrected chi connectivity index (χ4v) is 2.26. The molecule has 2 aromatic rings. The third-order valence-corrected chi connectivity index (χ3v) is 3.24. The largest absolute Gasteiger partial charge is 0.354 e. The van der Waals surface area contributed by atoms with Crippen LogP contribution >= 0.6 is 0 Å². The van der Waals surface area contributed by atoms with Crippen molar-refractivity contribution < 1.29 is 4.39 Å². The Balaban J connectivity index is 1.82. The summed E-state index contributed by atoms with van der Waals surface area (Å²) in [5.41, 5.74) is 1.51. The molecule has 0 saturated carbocycles. The summed E-state index contributed by atoms with van der Waals surface area (Å²) >= 11 is 0. The maximum Gasteiger partial charge on any atom is 0.151 e. The van der Waals surface area contributed by atoms with Crippen LogP contribution in [-0.2, 0) is 0 Å². The van der Waals surface area contributed by atoms with Crippen LogP contribution in [0.4, 0.5) is 10.2 Å². The van der Waals surface area contributed by atoms with E-state index in [1.165, 1.54) is 12.3 Å². The third-order valence-electron chi connectivity index (χ3n) is 3.24. The normalized spacial score (nSPS) is 16.4. The van der Waals surface area contributed by atoms with Crippen LogP contribution in [0.2, 0.25) is 0 Å². The Morgan fingerprint density at radius 2 is 2.11 bits per heavy atom. The molecule has 2 aromatic heterocycles. The number of rotatable bonds is 2. The van der Waals surface area contributed by atoms with Gasteiger partial charge in [-0.25, -0.2) is 4.39 Å². The number of nitrogens with one attached hydrogen (secondary N) is 2. The smallest absolute Gasteiger partial charge is 0.151 e. The first-order valence-electron chi connectivity index (χ1n) is 6.45. The zero-order valence-electron chi connectivity index (χ0n) is 10.6. The fourth-order valence-electron chi connectivity index (χ4n) is 2.26. The van der Waals surface area contributed by atoms with E-state index in [2.05, 4.69) is 25.4 Å². The third kappa shape index (κ3) is 2.73. The van der Waals surface area contributed by atoms with Crippen LogP contribution in [0.1, 0.15) is 6.42 Å². The van der Waals surface area contributed by atoms with Crippen LogP contribution in [0, 0.1) is 5.82 Å². The highest BCUT2D eigenvalue weighted by Gasteiger charge is 2.13. The Labute approximate surface area is 110 Å². The minimum atomic E-state index is -0.340. The molecule has 3 rings (SSSR count). The van der Waals surface area contributed by atoms with Crippen LogP contribution in [0.3, 0.4) is 0 Å². The van der Waals surface area contributed by atoms with Crippen molar-refractivity contribution in [3.8, 4) is 11.3 Å². The summed E-state index contributed by atoms with van der Waals surface area (Å²) in [5.74, 6) is 0.565. The number of nitrogens with zero attached hydrogens (tertiary/aromatic N) is 3. The standard InChI is InChI=1S/C13H16FN5/c14-11-6-10(8-16-9-11)12-7-13(18-17-12)19-4-1-2-15-3-5-19/h6-9,15H,1-5H2,(H,17,18). The average Bonchev–Trinajstić information content (AvgIpc) is 2.75. The van der Waals surface area contributed by atoms with Crippen molar-refractivity contribution in [1.82, 2.24) is 20.5 Å². The Kier molecular flexibility index (Phi) is 3.41. The van der Waals surface area contributed by atoms with Crippen molar-refractivity contribution >= 4 is 5.82 Å². The minimum absolute atomic E-state index is 0.340. The van der Waals surface area contributed by atoms with E-state index in [1.807, 2.05) is 6.07 Å². The van der Waals surface area contributed by atoms with Gasteiger partial charge in [0, 0.05) is 37.5 Å². The quantitative estimate of drug-likeness (QED) is 0.858. The second-order valence-electron chi connectivity index (χ2n) is 4.62. The molecular weight excluding hydrogens is 245 g/mol. The summed E-state index contributed by atoms with van der Waals surface area (Å²) in [6.45, 7) is 3.93. The van der Waals surface area contributed by atoms with Crippen molar-refractivity contribution in [3.63, 3.8) is 0 Å². The van der Waals surface area contributed by atoms with Crippen molar-refractivity contribution in [2.45, 2.75) is 6.42 Å². The molecule has 100 valence electrons. The topological polar surface area (TPSA) is 56.8 Å². The molecule has 0 spiro atoms. The lowest BCUT2D eigenvalue weighted by molar-refractivity contribution is 0.622. The van der Waals surface area contributed by atoms with Gasteiger partial charge in [-0.05, 0) is 19.0 Å². The molecule has 0 radical (unpaired) electrons. The number of aromatic nitrogens is 3. The summed E-state index contributed by atoms with van der Waals surface area (Å²) < 4.78 is 13.2. The Morgan fingerprint density at radius 1 is 1.16 bits per heavy atom. The highest BCUT2D eigenvalue weighted by molar-refractivity contribution is 5.62. The molecule has 5 nitrogen and oxygen atoms in total. The number of hydrogen-bond donors (Lipinski definition) is 2. The van der Waals surface area contributed by atoms with Gasteiger partial charge in [0.2, 0.25) is 0 Å². The number of aromatic amines is 1. The molecule has 3 heterocycles. The lowest BCUT2D eigenvalue weighted by Crippen LogP contribution is -2.28. The minimum Gasteiger partial charge on any atom is -0.354 e. The molecule has 0 atom stereocenters. The second kappa shape index (κ2) is 5.36. The van der Waals surface area contributed by atoms with E-state index >= 15 is 0 Å². The molecule has 1 saturated heterocycles. The number of pyridine rings is 1. The van der Waals surface area contributed by atoms with E-state index in [1.54, 1.807) is 6.20 Å². The molecule has 6 heteroatoms. The highest BCUT2D eigenvalue weighted by atomic mass is 19.1. The maximum atomic E-state index is 13.2. The van der Waals surface area contributed by atoms with E-state index in [0.29, 0.717) is 5.56 Å². The second-order valence-corrected chi connectivity index (χ2v) is 4.62. The Morgan fingerprint density at radius 3 is 3.00 bits per heavy atom. The van der Waals surface area contributed by atoms with Gasteiger partial charge < -0.3 is 10.2 Å². The lowest BCUT2D eigenvalue weighted by Gasteiger charge is -2.18. The van der Waals surface area contributed by atoms with Crippen molar-refractivity contribution in [2.75, 3.05) is 31.1 Å². The van der Waals surface area contributed by atoms with Gasteiger partial charge in [-0.3, -0.25) is 10.1 Å². The summed E-state index contributed by atoms with van der Waals surface area (Å²) in [6.07, 6.45) is 3.93. The zero-order chi connectivity index (χ0) is 13.1. The summed E-state index contributed by atoms with van der Waals surface area (Å²) in [7, 11) is 0. The van der Waals surface area contributed by atoms with Gasteiger partial charge in [0.05, 0.1) is 11.9 Å². The van der Waals surface area contributed by atoms with E-state index < -0.39 is 0 Å². The average molecular weight is 261 g/mol. The van der Waals surface area contributed by atoms with Crippen LogP contribution in [-0.4, -0.2) is 41.4 Å². The predicted molar refractivity (Wildman–Crippen MR) is 71.5 cm³/mol. The molecule has 0 amide bonds.